The number of rotatable bonds is 4. The van der Waals surface area contributed by atoms with Crippen molar-refractivity contribution in [3.63, 3.8) is 0 Å². The minimum atomic E-state index is 0.652. The highest BCUT2D eigenvalue weighted by Gasteiger charge is 2.10. The van der Waals surface area contributed by atoms with Gasteiger partial charge in [0.2, 0.25) is 0 Å². The molecule has 5 nitrogen and oxygen atoms in total. The number of pyridine rings is 1. The van der Waals surface area contributed by atoms with Crippen molar-refractivity contribution in [1.29, 1.82) is 0 Å². The average Bonchev–Trinajstić information content (AvgIpc) is 2.93. The van der Waals surface area contributed by atoms with Gasteiger partial charge in [0, 0.05) is 24.8 Å². The van der Waals surface area contributed by atoms with Gasteiger partial charge in [-0.3, -0.25) is 4.68 Å². The predicted molar refractivity (Wildman–Crippen MR) is 79.5 cm³/mol. The molecule has 0 amide bonds. The van der Waals surface area contributed by atoms with E-state index < -0.39 is 0 Å². The first kappa shape index (κ1) is 12.9. The zero-order chi connectivity index (χ0) is 14.1. The molecular weight excluding hydrogens is 250 g/mol. The van der Waals surface area contributed by atoms with Gasteiger partial charge in [-0.1, -0.05) is 0 Å². The highest BCUT2D eigenvalue weighted by molar-refractivity contribution is 5.80. The molecule has 5 heteroatoms. The number of hydrogen-bond acceptors (Lipinski definition) is 3. The van der Waals surface area contributed by atoms with E-state index in [0.717, 1.165) is 24.3 Å². The van der Waals surface area contributed by atoms with Crippen LogP contribution in [0, 0.1) is 6.92 Å². The van der Waals surface area contributed by atoms with E-state index in [1.54, 1.807) is 0 Å². The quantitative estimate of drug-likeness (QED) is 0.783. The summed E-state index contributed by atoms with van der Waals surface area (Å²) in [7, 11) is 1.97. The molecule has 104 valence electrons. The van der Waals surface area contributed by atoms with Gasteiger partial charge in [-0.05, 0) is 43.7 Å². The second-order valence-corrected chi connectivity index (χ2v) is 5.10. The molecule has 0 fully saturated rings. The monoisotopic (exact) mass is 269 g/mol. The lowest BCUT2D eigenvalue weighted by molar-refractivity contribution is 0.670. The maximum atomic E-state index is 5.70. The Bertz CT molecular complexity index is 738. The van der Waals surface area contributed by atoms with Crippen LogP contribution >= 0.6 is 0 Å². The first-order valence-corrected chi connectivity index (χ1v) is 6.81. The fourth-order valence-corrected chi connectivity index (χ4v) is 2.66. The summed E-state index contributed by atoms with van der Waals surface area (Å²) in [6, 6.07) is 6.19. The Hall–Kier alpha value is -2.14. The van der Waals surface area contributed by atoms with Crippen LogP contribution in [0.4, 0.5) is 0 Å². The third kappa shape index (κ3) is 2.20. The zero-order valence-corrected chi connectivity index (χ0v) is 11.9. The van der Waals surface area contributed by atoms with Crippen LogP contribution in [-0.2, 0) is 20.0 Å². The van der Waals surface area contributed by atoms with Gasteiger partial charge in [-0.25, -0.2) is 4.98 Å². The van der Waals surface area contributed by atoms with Gasteiger partial charge < -0.3 is 10.3 Å². The summed E-state index contributed by atoms with van der Waals surface area (Å²) in [6.45, 7) is 3.43. The molecule has 0 aliphatic carbocycles. The molecule has 2 N–H and O–H groups in total. The molecule has 0 radical (unpaired) electrons. The third-order valence-electron chi connectivity index (χ3n) is 3.56. The maximum absolute atomic E-state index is 5.70. The normalized spacial score (nSPS) is 11.3. The maximum Gasteiger partial charge on any atom is 0.140 e. The Kier molecular flexibility index (Phi) is 3.28. The van der Waals surface area contributed by atoms with Crippen molar-refractivity contribution in [1.82, 2.24) is 19.3 Å². The van der Waals surface area contributed by atoms with E-state index in [1.165, 1.54) is 16.6 Å². The van der Waals surface area contributed by atoms with Gasteiger partial charge in [0.1, 0.15) is 5.65 Å². The molecule has 0 aliphatic heterocycles. The molecule has 3 aromatic rings. The summed E-state index contributed by atoms with van der Waals surface area (Å²) < 4.78 is 4.10. The lowest BCUT2D eigenvalue weighted by Gasteiger charge is -2.04. The van der Waals surface area contributed by atoms with E-state index >= 15 is 0 Å². The third-order valence-corrected chi connectivity index (χ3v) is 3.56. The minimum absolute atomic E-state index is 0.652. The minimum Gasteiger partial charge on any atom is -0.330 e. The molecule has 20 heavy (non-hydrogen) atoms. The smallest absolute Gasteiger partial charge is 0.140 e. The Morgan fingerprint density at radius 2 is 2.20 bits per heavy atom. The Morgan fingerprint density at radius 1 is 1.35 bits per heavy atom. The molecule has 0 spiro atoms. The first-order chi connectivity index (χ1) is 9.69. The molecule has 0 unspecified atom stereocenters. The van der Waals surface area contributed by atoms with E-state index in [2.05, 4.69) is 33.0 Å². The number of fused-ring (bicyclic) bond motifs is 1. The second kappa shape index (κ2) is 5.09. The fourth-order valence-electron chi connectivity index (χ4n) is 2.66. The van der Waals surface area contributed by atoms with Crippen LogP contribution in [0.1, 0.15) is 17.0 Å². The van der Waals surface area contributed by atoms with Crippen molar-refractivity contribution in [3.05, 3.63) is 47.5 Å². The van der Waals surface area contributed by atoms with E-state index in [0.29, 0.717) is 6.54 Å². The Morgan fingerprint density at radius 3 is 2.90 bits per heavy atom. The molecular formula is C15H19N5. The van der Waals surface area contributed by atoms with Gasteiger partial charge in [0.05, 0.1) is 17.9 Å². The zero-order valence-electron chi connectivity index (χ0n) is 11.9. The fraction of sp³-hybridized carbons (Fsp3) is 0.333. The lowest BCUT2D eigenvalue weighted by Crippen LogP contribution is -2.05. The van der Waals surface area contributed by atoms with E-state index in [4.69, 9.17) is 5.73 Å². The topological polar surface area (TPSA) is 61.7 Å². The Balaban J connectivity index is 2.05. The van der Waals surface area contributed by atoms with Crippen molar-refractivity contribution in [2.24, 2.45) is 12.8 Å². The van der Waals surface area contributed by atoms with Crippen molar-refractivity contribution in [2.45, 2.75) is 19.9 Å². The van der Waals surface area contributed by atoms with Crippen LogP contribution in [0.15, 0.2) is 30.6 Å². The molecule has 0 aliphatic rings. The summed E-state index contributed by atoms with van der Waals surface area (Å²) in [6.07, 6.45) is 4.87. The highest BCUT2D eigenvalue weighted by Crippen LogP contribution is 2.20. The largest absolute Gasteiger partial charge is 0.330 e. The SMILES string of the molecule is Cc1cc(Cn2cc(CCN)c3cccnc32)n(C)n1. The summed E-state index contributed by atoms with van der Waals surface area (Å²) >= 11 is 0. The lowest BCUT2D eigenvalue weighted by atomic mass is 10.2. The van der Waals surface area contributed by atoms with Crippen LogP contribution in [0.3, 0.4) is 0 Å². The van der Waals surface area contributed by atoms with E-state index in [-0.39, 0.29) is 0 Å². The molecule has 0 bridgehead atoms. The van der Waals surface area contributed by atoms with Gasteiger partial charge in [0.15, 0.2) is 0 Å². The predicted octanol–water partition coefficient (Wildman–Crippen LogP) is 1.63. The summed E-state index contributed by atoms with van der Waals surface area (Å²) in [4.78, 5) is 4.51. The summed E-state index contributed by atoms with van der Waals surface area (Å²) in [5.41, 5.74) is 10.2. The van der Waals surface area contributed by atoms with Crippen LogP contribution in [0.5, 0.6) is 0 Å². The van der Waals surface area contributed by atoms with E-state index in [9.17, 15) is 0 Å². The Labute approximate surface area is 118 Å². The van der Waals surface area contributed by atoms with Gasteiger partial charge in [-0.2, -0.15) is 5.10 Å². The van der Waals surface area contributed by atoms with Gasteiger partial charge in [0.25, 0.3) is 0 Å². The van der Waals surface area contributed by atoms with Crippen molar-refractivity contribution in [3.8, 4) is 0 Å². The van der Waals surface area contributed by atoms with Gasteiger partial charge in [-0.15, -0.1) is 0 Å². The second-order valence-electron chi connectivity index (χ2n) is 5.10. The molecule has 0 saturated heterocycles. The number of aromatic nitrogens is 4. The van der Waals surface area contributed by atoms with Crippen LogP contribution in [0.2, 0.25) is 0 Å². The average molecular weight is 269 g/mol. The molecule has 3 aromatic heterocycles. The van der Waals surface area contributed by atoms with Crippen molar-refractivity contribution < 1.29 is 0 Å². The van der Waals surface area contributed by atoms with Crippen LogP contribution < -0.4 is 5.73 Å². The molecule has 0 atom stereocenters. The van der Waals surface area contributed by atoms with Gasteiger partial charge >= 0.3 is 0 Å². The number of nitrogens with two attached hydrogens (primary N) is 1. The number of aryl methyl sites for hydroxylation is 2. The summed E-state index contributed by atoms with van der Waals surface area (Å²) in [5, 5.41) is 5.58. The van der Waals surface area contributed by atoms with Crippen molar-refractivity contribution in [2.75, 3.05) is 6.54 Å². The van der Waals surface area contributed by atoms with Crippen LogP contribution in [0.25, 0.3) is 11.0 Å². The van der Waals surface area contributed by atoms with Crippen LogP contribution in [-0.4, -0.2) is 25.9 Å². The molecule has 0 saturated carbocycles. The standard InChI is InChI=1S/C15H19N5/c1-11-8-13(19(2)18-11)10-20-9-12(5-6-16)14-4-3-7-17-15(14)20/h3-4,7-9H,5-6,10,16H2,1-2H3. The van der Waals surface area contributed by atoms with Crippen molar-refractivity contribution >= 4 is 11.0 Å². The molecule has 3 rings (SSSR count). The summed E-state index contributed by atoms with van der Waals surface area (Å²) in [5.74, 6) is 0. The highest BCUT2D eigenvalue weighted by atomic mass is 15.3. The number of hydrogen-bond donors (Lipinski definition) is 1. The van der Waals surface area contributed by atoms with E-state index in [1.807, 2.05) is 30.9 Å². The molecule has 0 aromatic carbocycles. The number of nitrogens with zero attached hydrogens (tertiary/aromatic N) is 4. The first-order valence-electron chi connectivity index (χ1n) is 6.81. The molecule has 3 heterocycles.